The van der Waals surface area contributed by atoms with E-state index in [-0.39, 0.29) is 36.0 Å². The van der Waals surface area contributed by atoms with E-state index in [9.17, 15) is 28.7 Å². The number of Topliss-reactive ketones (excluding diaryl/α,β-unsaturated/α-hetero) is 2. The number of hydrogen-bond donors (Lipinski definition) is 2. The van der Waals surface area contributed by atoms with Crippen LogP contribution in [0.25, 0.3) is 0 Å². The van der Waals surface area contributed by atoms with Gasteiger partial charge in [-0.2, -0.15) is 4.39 Å². The molecule has 0 aromatic carbocycles. The molecule has 0 aromatic heterocycles. The molecular formula is C26H30F2O5S. The number of allylic oxidation sites excluding steroid dienone is 4. The second-order valence-electron chi connectivity index (χ2n) is 12.0. The molecule has 5 rings (SSSR count). The van der Waals surface area contributed by atoms with Crippen LogP contribution in [0.15, 0.2) is 23.3 Å². The second kappa shape index (κ2) is 6.96. The zero-order valence-electron chi connectivity index (χ0n) is 19.8. The number of carbonyl (C=O) groups excluding carboxylic acids is 4. The first-order chi connectivity index (χ1) is 15.7. The van der Waals surface area contributed by atoms with Crippen molar-refractivity contribution in [2.45, 2.75) is 65.9 Å². The third-order valence-corrected chi connectivity index (χ3v) is 10.8. The number of aliphatic hydroxyl groups excluding tert-OH is 1. The van der Waals surface area contributed by atoms with Gasteiger partial charge in [0.1, 0.15) is 5.41 Å². The summed E-state index contributed by atoms with van der Waals surface area (Å²) in [6, 6.07) is 0. The average Bonchev–Trinajstić information content (AvgIpc) is 3.44. The zero-order valence-corrected chi connectivity index (χ0v) is 20.7. The molecule has 0 heterocycles. The molecule has 0 unspecified atom stereocenters. The van der Waals surface area contributed by atoms with E-state index in [2.05, 4.69) is 12.6 Å². The lowest BCUT2D eigenvalue weighted by atomic mass is 9.43. The second-order valence-corrected chi connectivity index (χ2v) is 12.4. The van der Waals surface area contributed by atoms with Gasteiger partial charge in [-0.05, 0) is 61.9 Å². The van der Waals surface area contributed by atoms with Gasteiger partial charge >= 0.3 is 0 Å². The minimum Gasteiger partial charge on any atom is -0.393 e. The van der Waals surface area contributed by atoms with Gasteiger partial charge in [0.25, 0.3) is 0 Å². The van der Waals surface area contributed by atoms with Crippen molar-refractivity contribution in [3.8, 4) is 0 Å². The molecule has 34 heavy (non-hydrogen) atoms. The van der Waals surface area contributed by atoms with E-state index in [1.807, 2.05) is 20.8 Å². The Bertz CT molecular complexity index is 1120. The summed E-state index contributed by atoms with van der Waals surface area (Å²) in [4.78, 5) is 52.3. The first kappa shape index (κ1) is 24.0. The highest BCUT2D eigenvalue weighted by Gasteiger charge is 2.76. The number of ketones is 3. The number of halogens is 2. The van der Waals surface area contributed by atoms with Crippen LogP contribution in [0.1, 0.15) is 59.8 Å². The maximum absolute atomic E-state index is 15.4. The fourth-order valence-corrected chi connectivity index (χ4v) is 9.13. The van der Waals surface area contributed by atoms with Crippen molar-refractivity contribution in [1.82, 2.24) is 0 Å². The number of fused-ring (bicyclic) bond motifs is 5. The quantitative estimate of drug-likeness (QED) is 0.458. The summed E-state index contributed by atoms with van der Waals surface area (Å²) in [7, 11) is 0. The largest absolute Gasteiger partial charge is 0.393 e. The molecule has 0 amide bonds. The molecule has 1 N–H and O–H groups in total. The van der Waals surface area contributed by atoms with Crippen molar-refractivity contribution in [2.75, 3.05) is 0 Å². The van der Waals surface area contributed by atoms with Gasteiger partial charge in [-0.15, -0.1) is 12.6 Å². The maximum Gasteiger partial charge on any atom is 0.217 e. The predicted molar refractivity (Wildman–Crippen MR) is 122 cm³/mol. The van der Waals surface area contributed by atoms with E-state index in [4.69, 9.17) is 0 Å². The molecular weight excluding hydrogens is 462 g/mol. The van der Waals surface area contributed by atoms with Crippen LogP contribution in [0.2, 0.25) is 0 Å². The van der Waals surface area contributed by atoms with Crippen LogP contribution in [0.5, 0.6) is 0 Å². The fraction of sp³-hybridized carbons (Fsp3) is 0.692. The van der Waals surface area contributed by atoms with Crippen molar-refractivity contribution in [1.29, 1.82) is 0 Å². The molecule has 4 fully saturated rings. The Hall–Kier alpha value is -1.67. The molecule has 5 nitrogen and oxygen atoms in total. The first-order valence-electron chi connectivity index (χ1n) is 12.0. The lowest BCUT2D eigenvalue weighted by Gasteiger charge is -2.59. The molecule has 0 spiro atoms. The Kier molecular flexibility index (Phi) is 4.92. The summed E-state index contributed by atoms with van der Waals surface area (Å²) in [5.41, 5.74) is -4.91. The highest BCUT2D eigenvalue weighted by Crippen LogP contribution is 2.73. The van der Waals surface area contributed by atoms with Crippen LogP contribution in [-0.4, -0.2) is 33.7 Å². The predicted octanol–water partition coefficient (Wildman–Crippen LogP) is 4.10. The Labute approximate surface area is 202 Å². The first-order valence-corrected chi connectivity index (χ1v) is 12.4. The Morgan fingerprint density at radius 3 is 2.32 bits per heavy atom. The molecule has 0 aromatic rings. The van der Waals surface area contributed by atoms with Crippen LogP contribution in [-0.2, 0) is 19.2 Å². The number of thiol groups is 1. The molecule has 5 aliphatic carbocycles. The molecule has 8 atom stereocenters. The molecule has 0 bridgehead atoms. The monoisotopic (exact) mass is 492 g/mol. The number of aliphatic hydroxyl groups is 1. The minimum absolute atomic E-state index is 0.0250. The Morgan fingerprint density at radius 2 is 1.76 bits per heavy atom. The summed E-state index contributed by atoms with van der Waals surface area (Å²) in [5, 5.41) is 11.0. The van der Waals surface area contributed by atoms with Gasteiger partial charge < -0.3 is 5.11 Å². The smallest absolute Gasteiger partial charge is 0.217 e. The molecule has 0 aliphatic heterocycles. The molecule has 0 saturated heterocycles. The van der Waals surface area contributed by atoms with Crippen molar-refractivity contribution >= 4 is 35.1 Å². The van der Waals surface area contributed by atoms with Crippen LogP contribution in [0, 0.1) is 45.3 Å². The van der Waals surface area contributed by atoms with Crippen molar-refractivity contribution in [3.05, 3.63) is 23.3 Å². The standard InChI is InChI=1S/C26H30F2O5S/c1-11-7-13-12-8-15(29)14-9-16(30)19(27)20(28)25(14,4)18(12)17(31)10-24(13,3)26(11,22(33)34)21(32)23(2)5-6-23/h9,11-13,17-18,31H,5-8,10H2,1-4H3,(H,33,34)/t11-,12+,13+,17+,18-,24+,25+,26+/m1/s1. The van der Waals surface area contributed by atoms with E-state index in [0.29, 0.717) is 19.3 Å². The molecule has 184 valence electrons. The third-order valence-electron chi connectivity index (χ3n) is 10.4. The molecule has 5 aliphatic rings. The summed E-state index contributed by atoms with van der Waals surface area (Å²) in [6.45, 7) is 6.91. The van der Waals surface area contributed by atoms with Gasteiger partial charge in [0.05, 0.1) is 11.5 Å². The van der Waals surface area contributed by atoms with Gasteiger partial charge in [-0.3, -0.25) is 19.2 Å². The summed E-state index contributed by atoms with van der Waals surface area (Å²) in [6.07, 6.45) is 1.44. The molecule has 0 radical (unpaired) electrons. The number of hydrogen-bond acceptors (Lipinski definition) is 5. The van der Waals surface area contributed by atoms with Crippen LogP contribution in [0.3, 0.4) is 0 Å². The van der Waals surface area contributed by atoms with Crippen molar-refractivity contribution in [2.24, 2.45) is 45.3 Å². The highest BCUT2D eigenvalue weighted by molar-refractivity contribution is 7.96. The van der Waals surface area contributed by atoms with E-state index < -0.39 is 67.9 Å². The lowest BCUT2D eigenvalue weighted by molar-refractivity contribution is -0.169. The number of carbonyl (C=O) groups is 4. The SMILES string of the molecule is C[C@@H]1C[C@H]2[C@@H]3CC(=O)C4=CC(=O)C(F)=C(F)[C@]4(C)[C@H]3[C@@H](O)C[C@]2(C)[C@]1(C(=O)S)C(=O)C1(C)CC1. The van der Waals surface area contributed by atoms with Crippen LogP contribution in [0.4, 0.5) is 8.78 Å². The van der Waals surface area contributed by atoms with E-state index in [0.717, 1.165) is 6.08 Å². The minimum atomic E-state index is -1.77. The zero-order chi connectivity index (χ0) is 25.2. The fourth-order valence-electron chi connectivity index (χ4n) is 8.56. The van der Waals surface area contributed by atoms with Crippen LogP contribution < -0.4 is 0 Å². The van der Waals surface area contributed by atoms with Crippen LogP contribution >= 0.6 is 12.6 Å². The lowest BCUT2D eigenvalue weighted by Crippen LogP contribution is -2.63. The van der Waals surface area contributed by atoms with E-state index >= 15 is 4.39 Å². The summed E-state index contributed by atoms with van der Waals surface area (Å²) in [5.74, 6) is -6.81. The topological polar surface area (TPSA) is 88.5 Å². The van der Waals surface area contributed by atoms with Crippen molar-refractivity contribution < 1.29 is 33.1 Å². The molecule has 4 saturated carbocycles. The van der Waals surface area contributed by atoms with Gasteiger partial charge in [0, 0.05) is 23.3 Å². The van der Waals surface area contributed by atoms with E-state index in [1.165, 1.54) is 6.92 Å². The van der Waals surface area contributed by atoms with Gasteiger partial charge in [0.15, 0.2) is 22.5 Å². The van der Waals surface area contributed by atoms with Crippen molar-refractivity contribution in [3.63, 3.8) is 0 Å². The average molecular weight is 493 g/mol. The Morgan fingerprint density at radius 1 is 1.15 bits per heavy atom. The molecule has 8 heteroatoms. The number of rotatable bonds is 3. The summed E-state index contributed by atoms with van der Waals surface area (Å²) >= 11 is 4.23. The normalized spacial score (nSPS) is 46.9. The highest BCUT2D eigenvalue weighted by atomic mass is 32.1. The van der Waals surface area contributed by atoms with Gasteiger partial charge in [-0.25, -0.2) is 4.39 Å². The van der Waals surface area contributed by atoms with E-state index in [1.54, 1.807) is 0 Å². The van der Waals surface area contributed by atoms with Gasteiger partial charge in [-0.1, -0.05) is 20.8 Å². The Balaban J connectivity index is 1.67. The summed E-state index contributed by atoms with van der Waals surface area (Å²) < 4.78 is 29.9. The maximum atomic E-state index is 15.4. The van der Waals surface area contributed by atoms with Gasteiger partial charge in [0.2, 0.25) is 11.6 Å². The third kappa shape index (κ3) is 2.54.